The van der Waals surface area contributed by atoms with Crippen LogP contribution < -0.4 is 5.32 Å². The Morgan fingerprint density at radius 3 is 2.53 bits per heavy atom. The maximum absolute atomic E-state index is 14.2. The van der Waals surface area contributed by atoms with Gasteiger partial charge in [-0.15, -0.1) is 0 Å². The average Bonchev–Trinajstić information content (AvgIpc) is 2.63. The molecule has 3 nitrogen and oxygen atoms in total. The summed E-state index contributed by atoms with van der Waals surface area (Å²) in [6, 6.07) is 3.21. The largest absolute Gasteiger partial charge is 0.313 e. The molecule has 5 heteroatoms. The highest BCUT2D eigenvalue weighted by atomic mass is 32.2. The van der Waals surface area contributed by atoms with Gasteiger partial charge in [0, 0.05) is 11.6 Å². The van der Waals surface area contributed by atoms with Crippen LogP contribution in [0.15, 0.2) is 12.1 Å². The Kier molecular flexibility index (Phi) is 3.97. The number of sulfone groups is 1. The SMILES string of the molecule is CNC(c1c(C)cc(C)cc1F)C1CCS(=O)(=O)C1. The van der Waals surface area contributed by atoms with Crippen LogP contribution in [0.1, 0.15) is 29.2 Å². The standard InChI is InChI=1S/C14H20FNO2S/c1-9-6-10(2)13(12(15)7-9)14(16-3)11-4-5-19(17,18)8-11/h6-7,11,14,16H,4-5,8H2,1-3H3. The third-order valence-electron chi connectivity index (χ3n) is 3.84. The van der Waals surface area contributed by atoms with Gasteiger partial charge < -0.3 is 5.32 Å². The van der Waals surface area contributed by atoms with E-state index in [9.17, 15) is 12.8 Å². The van der Waals surface area contributed by atoms with Crippen molar-refractivity contribution >= 4 is 9.84 Å². The highest BCUT2D eigenvalue weighted by Crippen LogP contribution is 2.34. The van der Waals surface area contributed by atoms with Crippen molar-refractivity contribution in [1.82, 2.24) is 5.32 Å². The summed E-state index contributed by atoms with van der Waals surface area (Å²) >= 11 is 0. The summed E-state index contributed by atoms with van der Waals surface area (Å²) < 4.78 is 37.4. The number of rotatable bonds is 3. The first-order chi connectivity index (χ1) is 8.84. The summed E-state index contributed by atoms with van der Waals surface area (Å²) in [5.41, 5.74) is 2.36. The average molecular weight is 285 g/mol. The lowest BCUT2D eigenvalue weighted by Gasteiger charge is -2.25. The summed E-state index contributed by atoms with van der Waals surface area (Å²) in [6.07, 6.45) is 0.598. The van der Waals surface area contributed by atoms with E-state index in [1.165, 1.54) is 6.07 Å². The van der Waals surface area contributed by atoms with Crippen molar-refractivity contribution in [2.24, 2.45) is 5.92 Å². The van der Waals surface area contributed by atoms with E-state index in [-0.39, 0.29) is 29.3 Å². The Labute approximate surface area is 114 Å². The van der Waals surface area contributed by atoms with Crippen molar-refractivity contribution in [3.8, 4) is 0 Å². The van der Waals surface area contributed by atoms with Crippen LogP contribution >= 0.6 is 0 Å². The van der Waals surface area contributed by atoms with E-state index in [2.05, 4.69) is 5.32 Å². The maximum atomic E-state index is 14.2. The molecule has 0 bridgehead atoms. The molecule has 1 aliphatic heterocycles. The number of halogens is 1. The molecular weight excluding hydrogens is 265 g/mol. The molecule has 106 valence electrons. The first-order valence-electron chi connectivity index (χ1n) is 6.48. The Morgan fingerprint density at radius 1 is 1.37 bits per heavy atom. The molecule has 0 radical (unpaired) electrons. The second-order valence-electron chi connectivity index (χ2n) is 5.41. The summed E-state index contributed by atoms with van der Waals surface area (Å²) in [5, 5.41) is 3.09. The van der Waals surface area contributed by atoms with Crippen LogP contribution in [0.3, 0.4) is 0 Å². The summed E-state index contributed by atoms with van der Waals surface area (Å²) in [4.78, 5) is 0. The first-order valence-corrected chi connectivity index (χ1v) is 8.30. The van der Waals surface area contributed by atoms with Gasteiger partial charge in [0.25, 0.3) is 0 Å². The lowest BCUT2D eigenvalue weighted by atomic mass is 9.89. The topological polar surface area (TPSA) is 46.2 Å². The Bertz CT molecular complexity index is 560. The van der Waals surface area contributed by atoms with Crippen LogP contribution in [-0.4, -0.2) is 27.0 Å². The van der Waals surface area contributed by atoms with Crippen LogP contribution in [0.4, 0.5) is 4.39 Å². The van der Waals surface area contributed by atoms with Gasteiger partial charge in [-0.2, -0.15) is 0 Å². The second kappa shape index (κ2) is 5.21. The molecule has 0 saturated carbocycles. The number of hydrogen-bond acceptors (Lipinski definition) is 3. The third-order valence-corrected chi connectivity index (χ3v) is 5.64. The van der Waals surface area contributed by atoms with Gasteiger partial charge in [-0.05, 0) is 50.4 Å². The van der Waals surface area contributed by atoms with Crippen LogP contribution in [0.2, 0.25) is 0 Å². The first kappa shape index (κ1) is 14.5. The molecule has 1 N–H and O–H groups in total. The molecule has 0 aromatic heterocycles. The summed E-state index contributed by atoms with van der Waals surface area (Å²) in [6.45, 7) is 3.73. The van der Waals surface area contributed by atoms with Gasteiger partial charge in [0.15, 0.2) is 9.84 Å². The molecule has 2 atom stereocenters. The van der Waals surface area contributed by atoms with E-state index < -0.39 is 9.84 Å². The minimum Gasteiger partial charge on any atom is -0.313 e. The van der Waals surface area contributed by atoms with Crippen LogP contribution in [0.25, 0.3) is 0 Å². The third kappa shape index (κ3) is 2.98. The molecule has 2 unspecified atom stereocenters. The maximum Gasteiger partial charge on any atom is 0.150 e. The van der Waals surface area contributed by atoms with Crippen molar-refractivity contribution in [3.63, 3.8) is 0 Å². The van der Waals surface area contributed by atoms with Crippen molar-refractivity contribution in [2.45, 2.75) is 26.3 Å². The second-order valence-corrected chi connectivity index (χ2v) is 7.64. The minimum atomic E-state index is -2.95. The van der Waals surface area contributed by atoms with E-state index in [0.717, 1.165) is 11.1 Å². The number of aryl methyl sites for hydroxylation is 2. The van der Waals surface area contributed by atoms with Gasteiger partial charge in [-0.3, -0.25) is 0 Å². The van der Waals surface area contributed by atoms with Crippen LogP contribution in [-0.2, 0) is 9.84 Å². The Hall–Kier alpha value is -0.940. The predicted octanol–water partition coefficient (Wildman–Crippen LogP) is 2.14. The number of nitrogens with one attached hydrogen (secondary N) is 1. The Morgan fingerprint density at radius 2 is 2.05 bits per heavy atom. The molecule has 1 aromatic rings. The van der Waals surface area contributed by atoms with Crippen molar-refractivity contribution in [2.75, 3.05) is 18.6 Å². The molecule has 1 aromatic carbocycles. The molecule has 1 heterocycles. The molecule has 0 amide bonds. The van der Waals surface area contributed by atoms with E-state index >= 15 is 0 Å². The normalized spacial score (nSPS) is 23.5. The van der Waals surface area contributed by atoms with Crippen molar-refractivity contribution in [3.05, 3.63) is 34.6 Å². The highest BCUT2D eigenvalue weighted by Gasteiger charge is 2.35. The predicted molar refractivity (Wildman–Crippen MR) is 74.4 cm³/mol. The molecule has 19 heavy (non-hydrogen) atoms. The smallest absolute Gasteiger partial charge is 0.150 e. The van der Waals surface area contributed by atoms with Gasteiger partial charge in [-0.25, -0.2) is 12.8 Å². The van der Waals surface area contributed by atoms with Crippen LogP contribution in [0, 0.1) is 25.6 Å². The van der Waals surface area contributed by atoms with Gasteiger partial charge in [0.1, 0.15) is 5.82 Å². The van der Waals surface area contributed by atoms with Gasteiger partial charge >= 0.3 is 0 Å². The fourth-order valence-corrected chi connectivity index (χ4v) is 4.86. The highest BCUT2D eigenvalue weighted by molar-refractivity contribution is 7.91. The quantitative estimate of drug-likeness (QED) is 0.925. The number of benzene rings is 1. The Balaban J connectivity index is 2.38. The fraction of sp³-hybridized carbons (Fsp3) is 0.571. The number of hydrogen-bond donors (Lipinski definition) is 1. The van der Waals surface area contributed by atoms with Crippen molar-refractivity contribution in [1.29, 1.82) is 0 Å². The molecule has 1 fully saturated rings. The summed E-state index contributed by atoms with van der Waals surface area (Å²) in [7, 11) is -1.20. The molecule has 0 spiro atoms. The van der Waals surface area contributed by atoms with Gasteiger partial charge in [0.05, 0.1) is 11.5 Å². The zero-order valence-corrected chi connectivity index (χ0v) is 12.3. The lowest BCUT2D eigenvalue weighted by Crippen LogP contribution is -2.28. The van der Waals surface area contributed by atoms with E-state index in [0.29, 0.717) is 12.0 Å². The fourth-order valence-electron chi connectivity index (χ4n) is 3.02. The molecule has 1 aliphatic rings. The molecular formula is C14H20FNO2S. The zero-order chi connectivity index (χ0) is 14.2. The van der Waals surface area contributed by atoms with Crippen molar-refractivity contribution < 1.29 is 12.8 Å². The van der Waals surface area contributed by atoms with E-state index in [1.54, 1.807) is 7.05 Å². The van der Waals surface area contributed by atoms with Crippen LogP contribution in [0.5, 0.6) is 0 Å². The molecule has 0 aliphatic carbocycles. The molecule has 1 saturated heterocycles. The van der Waals surface area contributed by atoms with E-state index in [4.69, 9.17) is 0 Å². The van der Waals surface area contributed by atoms with E-state index in [1.807, 2.05) is 19.9 Å². The summed E-state index contributed by atoms with van der Waals surface area (Å²) in [5.74, 6) is 0.0558. The molecule has 2 rings (SSSR count). The van der Waals surface area contributed by atoms with Gasteiger partial charge in [-0.1, -0.05) is 6.07 Å². The lowest BCUT2D eigenvalue weighted by molar-refractivity contribution is 0.401. The zero-order valence-electron chi connectivity index (χ0n) is 11.5. The minimum absolute atomic E-state index is 0.0501. The monoisotopic (exact) mass is 285 g/mol. The van der Waals surface area contributed by atoms with Gasteiger partial charge in [0.2, 0.25) is 0 Å².